The number of imide groups is 1. The minimum Gasteiger partial charge on any atom is -0.273 e. The first kappa shape index (κ1) is 21.8. The minimum atomic E-state index is -0.410. The van der Waals surface area contributed by atoms with Gasteiger partial charge in [-0.05, 0) is 48.0 Å². The second-order valence-corrected chi connectivity index (χ2v) is 8.67. The molecule has 3 aromatic carbocycles. The molecule has 6 nitrogen and oxygen atoms in total. The molecule has 0 bridgehead atoms. The average molecular weight is 472 g/mol. The smallest absolute Gasteiger partial charge is 0.273 e. The van der Waals surface area contributed by atoms with E-state index in [4.69, 9.17) is 0 Å². The molecule has 0 atom stereocenters. The van der Waals surface area contributed by atoms with E-state index in [-0.39, 0.29) is 30.0 Å². The minimum absolute atomic E-state index is 0.166. The first-order chi connectivity index (χ1) is 16.5. The third-order valence-corrected chi connectivity index (χ3v) is 6.36. The van der Waals surface area contributed by atoms with Crippen molar-refractivity contribution in [2.75, 3.05) is 17.2 Å². The van der Waals surface area contributed by atoms with Crippen LogP contribution in [0.1, 0.15) is 26.3 Å². The summed E-state index contributed by atoms with van der Waals surface area (Å²) in [6, 6.07) is 21.7. The Morgan fingerprint density at radius 3 is 2.06 bits per heavy atom. The fourth-order valence-corrected chi connectivity index (χ4v) is 4.73. The van der Waals surface area contributed by atoms with Gasteiger partial charge in [0.2, 0.25) is 0 Å². The van der Waals surface area contributed by atoms with Gasteiger partial charge in [-0.15, -0.1) is 0 Å². The molecule has 0 radical (unpaired) electrons. The first-order valence-electron chi connectivity index (χ1n) is 10.6. The van der Waals surface area contributed by atoms with Gasteiger partial charge in [-0.25, -0.2) is 9.38 Å². The number of benzene rings is 3. The van der Waals surface area contributed by atoms with E-state index in [1.54, 1.807) is 30.3 Å². The Kier molecular flexibility index (Phi) is 5.81. The topological polar surface area (TPSA) is 70.0 Å². The summed E-state index contributed by atoms with van der Waals surface area (Å²) >= 11 is 1.25. The largest absolute Gasteiger partial charge is 0.283 e. The summed E-state index contributed by atoms with van der Waals surface area (Å²) in [5, 5.41) is 0.399. The summed E-state index contributed by atoms with van der Waals surface area (Å²) in [4.78, 5) is 45.6. The van der Waals surface area contributed by atoms with Crippen LogP contribution in [0.2, 0.25) is 0 Å². The molecule has 0 aromatic heterocycles. The molecule has 0 unspecified atom stereocenters. The standard InChI is InChI=1S/C26H18FN3O3S/c27-18-10-12-19(13-11-18)30-25(33)22(16-17-6-2-1-3-7-17)28-26(30)34-15-14-29-23(31)20-8-4-5-9-21(20)24(29)32/h1-13,16H,14-15H2/b22-16+. The number of thioether (sulfide) groups is 1. The van der Waals surface area contributed by atoms with E-state index in [2.05, 4.69) is 4.99 Å². The van der Waals surface area contributed by atoms with E-state index < -0.39 is 5.82 Å². The summed E-state index contributed by atoms with van der Waals surface area (Å²) in [6.45, 7) is 0.166. The number of anilines is 1. The average Bonchev–Trinajstić information content (AvgIpc) is 3.29. The molecule has 0 fully saturated rings. The Balaban J connectivity index is 1.37. The van der Waals surface area contributed by atoms with Gasteiger partial charge in [0.05, 0.1) is 16.8 Å². The summed E-state index contributed by atoms with van der Waals surface area (Å²) in [5.41, 5.74) is 2.35. The summed E-state index contributed by atoms with van der Waals surface area (Å²) in [5.74, 6) is -1.06. The molecule has 3 amide bonds. The number of rotatable bonds is 5. The number of hydrogen-bond acceptors (Lipinski definition) is 5. The molecule has 3 aromatic rings. The zero-order valence-electron chi connectivity index (χ0n) is 17.8. The van der Waals surface area contributed by atoms with Crippen molar-refractivity contribution in [3.63, 3.8) is 0 Å². The molecular formula is C26H18FN3O3S. The van der Waals surface area contributed by atoms with Gasteiger partial charge in [0.1, 0.15) is 11.5 Å². The first-order valence-corrected chi connectivity index (χ1v) is 11.5. The lowest BCUT2D eigenvalue weighted by Crippen LogP contribution is -2.34. The maximum Gasteiger partial charge on any atom is 0.283 e. The normalized spacial score (nSPS) is 16.4. The number of amides is 3. The number of aliphatic imine (C=N–C) groups is 1. The van der Waals surface area contributed by atoms with Gasteiger partial charge >= 0.3 is 0 Å². The monoisotopic (exact) mass is 471 g/mol. The lowest BCUT2D eigenvalue weighted by Gasteiger charge is -2.19. The number of carbonyl (C=O) groups is 3. The van der Waals surface area contributed by atoms with Crippen LogP contribution in [0, 0.1) is 5.82 Å². The number of carbonyl (C=O) groups excluding carboxylic acids is 3. The van der Waals surface area contributed by atoms with Gasteiger partial charge in [-0.2, -0.15) is 0 Å². The predicted octanol–water partition coefficient (Wildman–Crippen LogP) is 4.60. The zero-order valence-corrected chi connectivity index (χ0v) is 18.7. The SMILES string of the molecule is O=C1c2ccccc2C(=O)N1CCSC1=N/C(=C/c2ccccc2)C(=O)N1c1ccc(F)cc1. The number of hydrogen-bond donors (Lipinski definition) is 0. The summed E-state index contributed by atoms with van der Waals surface area (Å²) in [7, 11) is 0. The van der Waals surface area contributed by atoms with Crippen molar-refractivity contribution in [3.8, 4) is 0 Å². The zero-order chi connectivity index (χ0) is 23.7. The van der Waals surface area contributed by atoms with Crippen LogP contribution < -0.4 is 4.90 Å². The quantitative estimate of drug-likeness (QED) is 0.403. The fourth-order valence-electron chi connectivity index (χ4n) is 3.79. The molecule has 5 rings (SSSR count). The number of fused-ring (bicyclic) bond motifs is 1. The van der Waals surface area contributed by atoms with Crippen LogP contribution in [0.5, 0.6) is 0 Å². The van der Waals surface area contributed by atoms with Crippen molar-refractivity contribution in [1.82, 2.24) is 4.90 Å². The fraction of sp³-hybridized carbons (Fsp3) is 0.0769. The second kappa shape index (κ2) is 9.07. The molecular weight excluding hydrogens is 453 g/mol. The van der Waals surface area contributed by atoms with Crippen LogP contribution >= 0.6 is 11.8 Å². The van der Waals surface area contributed by atoms with Crippen LogP contribution in [0.15, 0.2) is 89.6 Å². The lowest BCUT2D eigenvalue weighted by molar-refractivity contribution is -0.113. The molecule has 8 heteroatoms. The number of nitrogens with zero attached hydrogens (tertiary/aromatic N) is 3. The van der Waals surface area contributed by atoms with E-state index in [1.807, 2.05) is 30.3 Å². The highest BCUT2D eigenvalue weighted by molar-refractivity contribution is 8.14. The molecule has 2 heterocycles. The Morgan fingerprint density at radius 2 is 1.41 bits per heavy atom. The van der Waals surface area contributed by atoms with E-state index in [0.29, 0.717) is 27.7 Å². The molecule has 168 valence electrons. The Bertz CT molecular complexity index is 1320. The molecule has 0 N–H and O–H groups in total. The highest BCUT2D eigenvalue weighted by atomic mass is 32.2. The number of halogens is 1. The highest BCUT2D eigenvalue weighted by Crippen LogP contribution is 2.30. The molecule has 34 heavy (non-hydrogen) atoms. The van der Waals surface area contributed by atoms with Gasteiger partial charge < -0.3 is 0 Å². The lowest BCUT2D eigenvalue weighted by atomic mass is 10.1. The third-order valence-electron chi connectivity index (χ3n) is 5.44. The van der Waals surface area contributed by atoms with Crippen molar-refractivity contribution < 1.29 is 18.8 Å². The Labute approximate surface area is 199 Å². The Hall–Kier alpha value is -4.04. The van der Waals surface area contributed by atoms with Gasteiger partial charge in [-0.1, -0.05) is 54.2 Å². The second-order valence-electron chi connectivity index (χ2n) is 7.61. The van der Waals surface area contributed by atoms with E-state index in [9.17, 15) is 18.8 Å². The van der Waals surface area contributed by atoms with E-state index in [0.717, 1.165) is 5.56 Å². The van der Waals surface area contributed by atoms with Crippen LogP contribution in [0.3, 0.4) is 0 Å². The van der Waals surface area contributed by atoms with Gasteiger partial charge in [0.25, 0.3) is 17.7 Å². The summed E-state index contributed by atoms with van der Waals surface area (Å²) in [6.07, 6.45) is 1.69. The van der Waals surface area contributed by atoms with Crippen molar-refractivity contribution in [3.05, 3.63) is 107 Å². The summed E-state index contributed by atoms with van der Waals surface area (Å²) < 4.78 is 13.5. The van der Waals surface area contributed by atoms with Gasteiger partial charge in [0, 0.05) is 12.3 Å². The van der Waals surface area contributed by atoms with E-state index >= 15 is 0 Å². The molecule has 0 saturated carbocycles. The molecule has 2 aliphatic heterocycles. The molecule has 0 aliphatic carbocycles. The van der Waals surface area contributed by atoms with Crippen LogP contribution in [-0.4, -0.2) is 40.1 Å². The number of amidine groups is 1. The molecule has 2 aliphatic rings. The van der Waals surface area contributed by atoms with Gasteiger partial charge in [0.15, 0.2) is 5.17 Å². The highest BCUT2D eigenvalue weighted by Gasteiger charge is 2.36. The molecule has 0 spiro atoms. The van der Waals surface area contributed by atoms with Gasteiger partial charge in [-0.3, -0.25) is 24.2 Å². The van der Waals surface area contributed by atoms with Crippen molar-refractivity contribution in [2.24, 2.45) is 4.99 Å². The third kappa shape index (κ3) is 4.04. The molecule has 0 saturated heterocycles. The predicted molar refractivity (Wildman–Crippen MR) is 130 cm³/mol. The van der Waals surface area contributed by atoms with E-state index in [1.165, 1.54) is 45.8 Å². The van der Waals surface area contributed by atoms with Crippen molar-refractivity contribution in [2.45, 2.75) is 0 Å². The van der Waals surface area contributed by atoms with Crippen LogP contribution in [-0.2, 0) is 4.79 Å². The maximum atomic E-state index is 13.5. The van der Waals surface area contributed by atoms with Crippen LogP contribution in [0.25, 0.3) is 6.08 Å². The Morgan fingerprint density at radius 1 is 0.794 bits per heavy atom. The van der Waals surface area contributed by atoms with Crippen molar-refractivity contribution in [1.29, 1.82) is 0 Å². The maximum absolute atomic E-state index is 13.5. The van der Waals surface area contributed by atoms with Crippen LogP contribution in [0.4, 0.5) is 10.1 Å². The van der Waals surface area contributed by atoms with Crippen molar-refractivity contribution >= 4 is 46.4 Å².